The topological polar surface area (TPSA) is 16.1 Å². The first-order valence-electron chi connectivity index (χ1n) is 7.66. The van der Waals surface area contributed by atoms with Crippen LogP contribution in [-0.2, 0) is 0 Å². The van der Waals surface area contributed by atoms with Gasteiger partial charge in [0.15, 0.2) is 0 Å². The molecule has 1 saturated heterocycles. The molecule has 1 fully saturated rings. The number of allylic oxidation sites excluding steroid dienone is 1. The van der Waals surface area contributed by atoms with Crippen LogP contribution in [0.3, 0.4) is 0 Å². The Morgan fingerprint density at radius 3 is 2.62 bits per heavy atom. The van der Waals surface area contributed by atoms with Gasteiger partial charge in [-0.3, -0.25) is 0 Å². The van der Waals surface area contributed by atoms with E-state index in [1.165, 1.54) is 17.5 Å². The number of pyridine rings is 1. The molecule has 2 atom stereocenters. The minimum Gasteiger partial charge on any atom is -0.349 e. The summed E-state index contributed by atoms with van der Waals surface area (Å²) in [6.07, 6.45) is 7.57. The van der Waals surface area contributed by atoms with Crippen LogP contribution in [0.1, 0.15) is 30.5 Å². The molecule has 2 unspecified atom stereocenters. The second-order valence-corrected chi connectivity index (χ2v) is 5.72. The van der Waals surface area contributed by atoms with Crippen molar-refractivity contribution in [3.8, 4) is 0 Å². The lowest BCUT2D eigenvalue weighted by Gasteiger charge is -2.28. The van der Waals surface area contributed by atoms with E-state index in [1.54, 1.807) is 0 Å². The Labute approximate surface area is 127 Å². The predicted octanol–water partition coefficient (Wildman–Crippen LogP) is 4.53. The molecular weight excluding hydrogens is 256 g/mol. The van der Waals surface area contributed by atoms with Crippen molar-refractivity contribution in [2.24, 2.45) is 5.92 Å². The van der Waals surface area contributed by atoms with Crippen LogP contribution in [0.2, 0.25) is 0 Å². The van der Waals surface area contributed by atoms with Gasteiger partial charge < -0.3 is 4.90 Å². The lowest BCUT2D eigenvalue weighted by Crippen LogP contribution is -2.25. The maximum absolute atomic E-state index is 4.55. The van der Waals surface area contributed by atoms with Crippen molar-refractivity contribution in [1.82, 2.24) is 4.98 Å². The molecule has 1 aromatic heterocycles. The molecule has 0 spiro atoms. The van der Waals surface area contributed by atoms with Gasteiger partial charge in [-0.1, -0.05) is 48.0 Å². The fourth-order valence-electron chi connectivity index (χ4n) is 3.24. The van der Waals surface area contributed by atoms with Crippen LogP contribution in [0.15, 0.2) is 60.8 Å². The van der Waals surface area contributed by atoms with Gasteiger partial charge in [-0.25, -0.2) is 4.98 Å². The molecule has 2 nitrogen and oxygen atoms in total. The smallest absolute Gasteiger partial charge is 0.128 e. The maximum Gasteiger partial charge on any atom is 0.128 e. The SMILES string of the molecule is CC=CC1CCN(c2ccccn2)C1c1ccc(C)cc1. The Balaban J connectivity index is 1.98. The van der Waals surface area contributed by atoms with Gasteiger partial charge in [-0.05, 0) is 38.0 Å². The molecule has 108 valence electrons. The maximum atomic E-state index is 4.55. The molecule has 2 heterocycles. The zero-order valence-electron chi connectivity index (χ0n) is 12.7. The Morgan fingerprint density at radius 1 is 1.14 bits per heavy atom. The van der Waals surface area contributed by atoms with E-state index in [0.29, 0.717) is 12.0 Å². The third kappa shape index (κ3) is 2.85. The van der Waals surface area contributed by atoms with Gasteiger partial charge in [-0.15, -0.1) is 0 Å². The fourth-order valence-corrected chi connectivity index (χ4v) is 3.24. The monoisotopic (exact) mass is 278 g/mol. The summed E-state index contributed by atoms with van der Waals surface area (Å²) in [5.41, 5.74) is 2.69. The Bertz CT molecular complexity index is 601. The minimum absolute atomic E-state index is 0.386. The lowest BCUT2D eigenvalue weighted by molar-refractivity contribution is 0.586. The molecule has 1 aliphatic heterocycles. The molecule has 0 bridgehead atoms. The van der Waals surface area contributed by atoms with E-state index in [9.17, 15) is 0 Å². The summed E-state index contributed by atoms with van der Waals surface area (Å²) in [4.78, 5) is 6.99. The van der Waals surface area contributed by atoms with Crippen LogP contribution in [0.25, 0.3) is 0 Å². The van der Waals surface area contributed by atoms with E-state index in [0.717, 1.165) is 12.4 Å². The van der Waals surface area contributed by atoms with Crippen molar-refractivity contribution in [3.63, 3.8) is 0 Å². The molecule has 1 aromatic carbocycles. The Kier molecular flexibility index (Phi) is 4.05. The number of nitrogens with zero attached hydrogens (tertiary/aromatic N) is 2. The van der Waals surface area contributed by atoms with E-state index in [2.05, 4.69) is 72.3 Å². The highest BCUT2D eigenvalue weighted by atomic mass is 15.2. The van der Waals surface area contributed by atoms with Gasteiger partial charge >= 0.3 is 0 Å². The number of aromatic nitrogens is 1. The van der Waals surface area contributed by atoms with Crippen LogP contribution in [0.5, 0.6) is 0 Å². The summed E-state index contributed by atoms with van der Waals surface area (Å²) in [5, 5.41) is 0. The van der Waals surface area contributed by atoms with Crippen molar-refractivity contribution in [3.05, 3.63) is 71.9 Å². The largest absolute Gasteiger partial charge is 0.349 e. The zero-order valence-corrected chi connectivity index (χ0v) is 12.7. The highest BCUT2D eigenvalue weighted by Gasteiger charge is 2.34. The first-order valence-corrected chi connectivity index (χ1v) is 7.66. The van der Waals surface area contributed by atoms with Gasteiger partial charge in [0.1, 0.15) is 5.82 Å². The Morgan fingerprint density at radius 2 is 1.95 bits per heavy atom. The standard InChI is InChI=1S/C19H22N2/c1-3-6-16-12-14-21(18-7-4-5-13-20-18)19(16)17-10-8-15(2)9-11-17/h3-11,13,16,19H,12,14H2,1-2H3. The van der Waals surface area contributed by atoms with Crippen LogP contribution in [-0.4, -0.2) is 11.5 Å². The second kappa shape index (κ2) is 6.13. The molecule has 2 heteroatoms. The molecule has 21 heavy (non-hydrogen) atoms. The zero-order chi connectivity index (χ0) is 14.7. The van der Waals surface area contributed by atoms with E-state index < -0.39 is 0 Å². The lowest BCUT2D eigenvalue weighted by atomic mass is 9.93. The predicted molar refractivity (Wildman–Crippen MR) is 88.4 cm³/mol. The van der Waals surface area contributed by atoms with Gasteiger partial charge in [0, 0.05) is 18.7 Å². The summed E-state index contributed by atoms with van der Waals surface area (Å²) >= 11 is 0. The van der Waals surface area contributed by atoms with E-state index in [-0.39, 0.29) is 0 Å². The van der Waals surface area contributed by atoms with E-state index in [4.69, 9.17) is 0 Å². The molecule has 0 radical (unpaired) electrons. The number of benzene rings is 1. The van der Waals surface area contributed by atoms with Crippen LogP contribution in [0, 0.1) is 12.8 Å². The van der Waals surface area contributed by atoms with Crippen molar-refractivity contribution < 1.29 is 0 Å². The molecular formula is C19H22N2. The molecule has 3 rings (SSSR count). The third-order valence-electron chi connectivity index (χ3n) is 4.25. The molecule has 0 saturated carbocycles. The number of aryl methyl sites for hydroxylation is 1. The minimum atomic E-state index is 0.386. The quantitative estimate of drug-likeness (QED) is 0.767. The summed E-state index contributed by atoms with van der Waals surface area (Å²) in [7, 11) is 0. The molecule has 2 aromatic rings. The normalized spacial score (nSPS) is 22.1. The van der Waals surface area contributed by atoms with Crippen LogP contribution >= 0.6 is 0 Å². The third-order valence-corrected chi connectivity index (χ3v) is 4.25. The highest BCUT2D eigenvalue weighted by molar-refractivity contribution is 5.45. The number of anilines is 1. The summed E-state index contributed by atoms with van der Waals surface area (Å²) < 4.78 is 0. The summed E-state index contributed by atoms with van der Waals surface area (Å²) in [5.74, 6) is 1.63. The molecule has 0 N–H and O–H groups in total. The van der Waals surface area contributed by atoms with Gasteiger partial charge in [0.05, 0.1) is 6.04 Å². The summed E-state index contributed by atoms with van der Waals surface area (Å²) in [6, 6.07) is 15.5. The van der Waals surface area contributed by atoms with Gasteiger partial charge in [0.25, 0.3) is 0 Å². The van der Waals surface area contributed by atoms with Gasteiger partial charge in [-0.2, -0.15) is 0 Å². The second-order valence-electron chi connectivity index (χ2n) is 5.72. The fraction of sp³-hybridized carbons (Fsp3) is 0.316. The van der Waals surface area contributed by atoms with Crippen molar-refractivity contribution in [2.75, 3.05) is 11.4 Å². The first kappa shape index (κ1) is 13.9. The number of hydrogen-bond acceptors (Lipinski definition) is 2. The molecule has 1 aliphatic rings. The molecule has 0 aliphatic carbocycles. The Hall–Kier alpha value is -2.09. The summed E-state index contributed by atoms with van der Waals surface area (Å²) in [6.45, 7) is 5.30. The van der Waals surface area contributed by atoms with Crippen LogP contribution < -0.4 is 4.90 Å². The van der Waals surface area contributed by atoms with Crippen molar-refractivity contribution in [1.29, 1.82) is 0 Å². The van der Waals surface area contributed by atoms with Gasteiger partial charge in [0.2, 0.25) is 0 Å². The van der Waals surface area contributed by atoms with Crippen LogP contribution in [0.4, 0.5) is 5.82 Å². The first-order chi connectivity index (χ1) is 10.3. The average Bonchev–Trinajstić information content (AvgIpc) is 2.93. The molecule has 0 amide bonds. The van der Waals surface area contributed by atoms with E-state index in [1.807, 2.05) is 12.3 Å². The number of hydrogen-bond donors (Lipinski definition) is 0. The van der Waals surface area contributed by atoms with E-state index >= 15 is 0 Å². The average molecular weight is 278 g/mol. The van der Waals surface area contributed by atoms with Crippen molar-refractivity contribution in [2.45, 2.75) is 26.3 Å². The van der Waals surface area contributed by atoms with Crippen molar-refractivity contribution >= 4 is 5.82 Å². The number of rotatable bonds is 3. The highest BCUT2D eigenvalue weighted by Crippen LogP contribution is 2.40.